The molecule has 1 aromatic carbocycles. The fourth-order valence-corrected chi connectivity index (χ4v) is 2.62. The summed E-state index contributed by atoms with van der Waals surface area (Å²) >= 11 is 5.97. The van der Waals surface area contributed by atoms with E-state index >= 15 is 0 Å². The quantitative estimate of drug-likeness (QED) is 0.842. The van der Waals surface area contributed by atoms with Gasteiger partial charge in [0.15, 0.2) is 0 Å². The first-order valence-electron chi connectivity index (χ1n) is 6.32. The number of nitrogens with one attached hydrogen (secondary N) is 1. The molecule has 0 spiro atoms. The van der Waals surface area contributed by atoms with Gasteiger partial charge in [0, 0.05) is 31.2 Å². The Bertz CT molecular complexity index is 676. The molecule has 0 aliphatic carbocycles. The Balaban J connectivity index is 2.21. The zero-order valence-electron chi connectivity index (χ0n) is 10.7. The molecule has 0 atom stereocenters. The number of piperazine rings is 1. The molecule has 0 saturated carbocycles. The van der Waals surface area contributed by atoms with Crippen molar-refractivity contribution in [1.29, 1.82) is 0 Å². The van der Waals surface area contributed by atoms with Crippen molar-refractivity contribution in [1.82, 2.24) is 15.0 Å². The summed E-state index contributed by atoms with van der Waals surface area (Å²) in [7, 11) is 0. The number of aryl methyl sites for hydroxylation is 1. The standard InChI is InChI=1S/C13H15ClN4O/c1-9-16-12-3-2-10(14)8-11(12)13(19)18(9)17-6-4-15-5-7-17/h2-3,8,15H,4-7H2,1H3. The summed E-state index contributed by atoms with van der Waals surface area (Å²) in [5.41, 5.74) is 0.644. The van der Waals surface area contributed by atoms with Gasteiger partial charge in [-0.05, 0) is 25.1 Å². The molecular formula is C13H15ClN4O. The van der Waals surface area contributed by atoms with Crippen LogP contribution in [0.4, 0.5) is 0 Å². The second-order valence-electron chi connectivity index (χ2n) is 4.64. The molecule has 1 aliphatic heterocycles. The zero-order valence-corrected chi connectivity index (χ0v) is 11.4. The largest absolute Gasteiger partial charge is 0.313 e. The lowest BCUT2D eigenvalue weighted by Gasteiger charge is -2.31. The summed E-state index contributed by atoms with van der Waals surface area (Å²) in [6.07, 6.45) is 0. The monoisotopic (exact) mass is 278 g/mol. The summed E-state index contributed by atoms with van der Waals surface area (Å²) < 4.78 is 1.67. The van der Waals surface area contributed by atoms with Gasteiger partial charge in [-0.2, -0.15) is 0 Å². The number of hydrogen-bond donors (Lipinski definition) is 1. The fourth-order valence-electron chi connectivity index (χ4n) is 2.45. The van der Waals surface area contributed by atoms with E-state index in [0.29, 0.717) is 21.7 Å². The smallest absolute Gasteiger partial charge is 0.280 e. The fraction of sp³-hybridized carbons (Fsp3) is 0.385. The van der Waals surface area contributed by atoms with Gasteiger partial charge in [-0.15, -0.1) is 0 Å². The lowest BCUT2D eigenvalue weighted by molar-refractivity contribution is 0.472. The number of fused-ring (bicyclic) bond motifs is 1. The van der Waals surface area contributed by atoms with Gasteiger partial charge in [0.25, 0.3) is 5.56 Å². The summed E-state index contributed by atoms with van der Waals surface area (Å²) in [6, 6.07) is 5.23. The maximum atomic E-state index is 12.6. The van der Waals surface area contributed by atoms with Crippen LogP contribution >= 0.6 is 11.6 Å². The van der Waals surface area contributed by atoms with Crippen LogP contribution < -0.4 is 15.9 Å². The van der Waals surface area contributed by atoms with Crippen LogP contribution in [0, 0.1) is 6.92 Å². The molecule has 0 amide bonds. The molecule has 1 saturated heterocycles. The van der Waals surface area contributed by atoms with E-state index in [1.807, 2.05) is 11.9 Å². The second-order valence-corrected chi connectivity index (χ2v) is 5.08. The molecular weight excluding hydrogens is 264 g/mol. The molecule has 2 aromatic rings. The van der Waals surface area contributed by atoms with Crippen LogP contribution in [-0.4, -0.2) is 35.8 Å². The van der Waals surface area contributed by atoms with Crippen LogP contribution in [0.15, 0.2) is 23.0 Å². The van der Waals surface area contributed by atoms with Crippen LogP contribution in [-0.2, 0) is 0 Å². The lowest BCUT2D eigenvalue weighted by Crippen LogP contribution is -2.53. The number of rotatable bonds is 1. The van der Waals surface area contributed by atoms with Crippen LogP contribution in [0.5, 0.6) is 0 Å². The lowest BCUT2D eigenvalue weighted by atomic mass is 10.2. The zero-order chi connectivity index (χ0) is 13.4. The van der Waals surface area contributed by atoms with Gasteiger partial charge in [0.2, 0.25) is 0 Å². The van der Waals surface area contributed by atoms with E-state index in [-0.39, 0.29) is 5.56 Å². The second kappa shape index (κ2) is 4.83. The molecule has 1 aromatic heterocycles. The van der Waals surface area contributed by atoms with Crippen LogP contribution in [0.2, 0.25) is 5.02 Å². The third kappa shape index (κ3) is 2.19. The van der Waals surface area contributed by atoms with Gasteiger partial charge >= 0.3 is 0 Å². The molecule has 5 nitrogen and oxygen atoms in total. The van der Waals surface area contributed by atoms with Crippen molar-refractivity contribution in [2.75, 3.05) is 31.2 Å². The molecule has 3 rings (SSSR count). The highest BCUT2D eigenvalue weighted by Gasteiger charge is 2.16. The molecule has 1 fully saturated rings. The normalized spacial score (nSPS) is 16.0. The Labute approximate surface area is 115 Å². The molecule has 0 radical (unpaired) electrons. The van der Waals surface area contributed by atoms with E-state index in [1.54, 1.807) is 22.9 Å². The maximum absolute atomic E-state index is 12.6. The highest BCUT2D eigenvalue weighted by Crippen LogP contribution is 2.15. The maximum Gasteiger partial charge on any atom is 0.280 e. The van der Waals surface area contributed by atoms with Crippen molar-refractivity contribution in [2.24, 2.45) is 0 Å². The predicted molar refractivity (Wildman–Crippen MR) is 76.6 cm³/mol. The molecule has 0 bridgehead atoms. The molecule has 19 heavy (non-hydrogen) atoms. The van der Waals surface area contributed by atoms with Gasteiger partial charge in [-0.25, -0.2) is 9.66 Å². The first-order valence-corrected chi connectivity index (χ1v) is 6.69. The van der Waals surface area contributed by atoms with Crippen molar-refractivity contribution in [3.63, 3.8) is 0 Å². The first kappa shape index (κ1) is 12.4. The minimum Gasteiger partial charge on any atom is -0.313 e. The van der Waals surface area contributed by atoms with Gasteiger partial charge < -0.3 is 10.3 Å². The highest BCUT2D eigenvalue weighted by atomic mass is 35.5. The molecule has 0 unspecified atom stereocenters. The van der Waals surface area contributed by atoms with E-state index in [4.69, 9.17) is 11.6 Å². The van der Waals surface area contributed by atoms with Crippen LogP contribution in [0.25, 0.3) is 10.9 Å². The Morgan fingerprint density at radius 3 is 2.79 bits per heavy atom. The Hall–Kier alpha value is -1.59. The highest BCUT2D eigenvalue weighted by molar-refractivity contribution is 6.31. The van der Waals surface area contributed by atoms with E-state index in [1.165, 1.54) is 0 Å². The molecule has 1 N–H and O–H groups in total. The van der Waals surface area contributed by atoms with Crippen LogP contribution in [0.3, 0.4) is 0 Å². The van der Waals surface area contributed by atoms with E-state index < -0.39 is 0 Å². The number of halogens is 1. The Morgan fingerprint density at radius 1 is 1.32 bits per heavy atom. The average Bonchev–Trinajstić information content (AvgIpc) is 2.41. The third-order valence-electron chi connectivity index (χ3n) is 3.35. The van der Waals surface area contributed by atoms with E-state index in [2.05, 4.69) is 10.3 Å². The van der Waals surface area contributed by atoms with Crippen molar-refractivity contribution >= 4 is 22.5 Å². The van der Waals surface area contributed by atoms with Gasteiger partial charge in [0.05, 0.1) is 10.9 Å². The predicted octanol–water partition coefficient (Wildman–Crippen LogP) is 0.900. The van der Waals surface area contributed by atoms with Crippen molar-refractivity contribution in [3.8, 4) is 0 Å². The Morgan fingerprint density at radius 2 is 2.05 bits per heavy atom. The molecule has 2 heterocycles. The number of aromatic nitrogens is 2. The summed E-state index contributed by atoms with van der Waals surface area (Å²) in [5.74, 6) is 0.710. The number of benzene rings is 1. The third-order valence-corrected chi connectivity index (χ3v) is 3.58. The molecule has 100 valence electrons. The van der Waals surface area contributed by atoms with Crippen molar-refractivity contribution in [2.45, 2.75) is 6.92 Å². The van der Waals surface area contributed by atoms with E-state index in [0.717, 1.165) is 26.2 Å². The Kier molecular flexibility index (Phi) is 3.16. The van der Waals surface area contributed by atoms with Crippen LogP contribution in [0.1, 0.15) is 5.82 Å². The summed E-state index contributed by atoms with van der Waals surface area (Å²) in [4.78, 5) is 17.1. The van der Waals surface area contributed by atoms with Gasteiger partial charge in [-0.3, -0.25) is 4.79 Å². The van der Waals surface area contributed by atoms with Gasteiger partial charge in [0.1, 0.15) is 5.82 Å². The minimum absolute atomic E-state index is 0.0492. The van der Waals surface area contributed by atoms with Crippen molar-refractivity contribution < 1.29 is 0 Å². The SMILES string of the molecule is Cc1nc2ccc(Cl)cc2c(=O)n1N1CCNCC1. The topological polar surface area (TPSA) is 50.2 Å². The first-order chi connectivity index (χ1) is 9.16. The van der Waals surface area contributed by atoms with Crippen molar-refractivity contribution in [3.05, 3.63) is 39.4 Å². The van der Waals surface area contributed by atoms with E-state index in [9.17, 15) is 4.79 Å². The number of hydrogen-bond acceptors (Lipinski definition) is 4. The molecule has 6 heteroatoms. The number of nitrogens with zero attached hydrogens (tertiary/aromatic N) is 3. The van der Waals surface area contributed by atoms with Gasteiger partial charge in [-0.1, -0.05) is 11.6 Å². The minimum atomic E-state index is -0.0492. The summed E-state index contributed by atoms with van der Waals surface area (Å²) in [5, 5.41) is 6.42. The summed E-state index contributed by atoms with van der Waals surface area (Å²) in [6.45, 7) is 5.21. The molecule has 1 aliphatic rings. The average molecular weight is 279 g/mol.